The summed E-state index contributed by atoms with van der Waals surface area (Å²) in [5, 5.41) is 3.66. The van der Waals surface area contributed by atoms with E-state index in [-0.39, 0.29) is 10.3 Å². The van der Waals surface area contributed by atoms with Gasteiger partial charge in [0.25, 0.3) is 6.43 Å². The third-order valence-corrected chi connectivity index (χ3v) is 5.39. The molecule has 0 aliphatic carbocycles. The van der Waals surface area contributed by atoms with E-state index in [0.29, 0.717) is 26.1 Å². The van der Waals surface area contributed by atoms with Gasteiger partial charge in [0, 0.05) is 19.3 Å². The molecule has 9 heteroatoms. The highest BCUT2D eigenvalue weighted by molar-refractivity contribution is 7.89. The molecule has 0 saturated carbocycles. The fourth-order valence-electron chi connectivity index (χ4n) is 2.22. The summed E-state index contributed by atoms with van der Waals surface area (Å²) in [6.45, 7) is 2.45. The highest BCUT2D eigenvalue weighted by Gasteiger charge is 2.39. The van der Waals surface area contributed by atoms with Gasteiger partial charge in [-0.1, -0.05) is 6.92 Å². The highest BCUT2D eigenvalue weighted by Crippen LogP contribution is 2.32. The first-order valence-electron chi connectivity index (χ1n) is 6.28. The summed E-state index contributed by atoms with van der Waals surface area (Å²) in [6, 6.07) is 0. The Bertz CT molecular complexity index is 575. The van der Waals surface area contributed by atoms with E-state index in [1.165, 1.54) is 4.31 Å². The number of hydrogen-bond acceptors (Lipinski definition) is 4. The van der Waals surface area contributed by atoms with Crippen LogP contribution in [0.1, 0.15) is 13.3 Å². The quantitative estimate of drug-likeness (QED) is 0.859. The fourth-order valence-corrected chi connectivity index (χ4v) is 3.77. The lowest BCUT2D eigenvalue weighted by Gasteiger charge is -2.21. The number of nitrogens with two attached hydrogens (primary N) is 1. The van der Waals surface area contributed by atoms with Gasteiger partial charge in [-0.3, -0.25) is 4.68 Å². The predicted molar refractivity (Wildman–Crippen MR) is 68.8 cm³/mol. The Kier molecular flexibility index (Phi) is 4.12. The second-order valence-electron chi connectivity index (χ2n) is 5.39. The molecular weight excluding hydrogens is 290 g/mol. The van der Waals surface area contributed by atoms with Crippen molar-refractivity contribution in [3.8, 4) is 0 Å². The number of sulfonamides is 1. The van der Waals surface area contributed by atoms with Crippen LogP contribution in [0.5, 0.6) is 0 Å². The molecule has 0 radical (unpaired) electrons. The van der Waals surface area contributed by atoms with Crippen LogP contribution >= 0.6 is 0 Å². The smallest absolute Gasteiger partial charge is 0.257 e. The largest absolute Gasteiger partial charge is 0.330 e. The number of hydrogen-bond donors (Lipinski definition) is 1. The van der Waals surface area contributed by atoms with E-state index in [0.717, 1.165) is 17.1 Å². The standard InChI is InChI=1S/C11H18F2N4O2S/c1-11(7-14)2-3-17(8-11)20(18,19)9-4-15-16(5-9)6-10(12)13/h4-5,10H,2-3,6-8,14H2,1H3. The van der Waals surface area contributed by atoms with E-state index < -0.39 is 23.0 Å². The Balaban J connectivity index is 2.17. The maximum Gasteiger partial charge on any atom is 0.257 e. The van der Waals surface area contributed by atoms with E-state index in [2.05, 4.69) is 5.10 Å². The van der Waals surface area contributed by atoms with Crippen molar-refractivity contribution in [3.63, 3.8) is 0 Å². The highest BCUT2D eigenvalue weighted by atomic mass is 32.2. The molecule has 2 heterocycles. The fraction of sp³-hybridized carbons (Fsp3) is 0.727. The Morgan fingerprint density at radius 1 is 1.55 bits per heavy atom. The first-order valence-corrected chi connectivity index (χ1v) is 7.72. The molecule has 1 unspecified atom stereocenters. The molecular formula is C11H18F2N4O2S. The molecule has 2 rings (SSSR count). The molecule has 0 amide bonds. The molecule has 0 spiro atoms. The van der Waals surface area contributed by atoms with Crippen LogP contribution in [0.15, 0.2) is 17.3 Å². The van der Waals surface area contributed by atoms with Crippen molar-refractivity contribution in [2.24, 2.45) is 11.1 Å². The lowest BCUT2D eigenvalue weighted by molar-refractivity contribution is 0.121. The lowest BCUT2D eigenvalue weighted by atomic mass is 9.90. The maximum atomic E-state index is 12.4. The van der Waals surface area contributed by atoms with Crippen LogP contribution in [0.25, 0.3) is 0 Å². The molecule has 1 aliphatic heterocycles. The molecule has 0 aromatic carbocycles. The van der Waals surface area contributed by atoms with Gasteiger partial charge in [0.1, 0.15) is 11.4 Å². The van der Waals surface area contributed by atoms with Gasteiger partial charge in [-0.25, -0.2) is 17.2 Å². The van der Waals surface area contributed by atoms with Gasteiger partial charge in [-0.05, 0) is 18.4 Å². The Morgan fingerprint density at radius 2 is 2.25 bits per heavy atom. The van der Waals surface area contributed by atoms with Crippen molar-refractivity contribution in [2.75, 3.05) is 19.6 Å². The minimum Gasteiger partial charge on any atom is -0.330 e. The third-order valence-electron chi connectivity index (χ3n) is 3.59. The zero-order valence-electron chi connectivity index (χ0n) is 11.2. The van der Waals surface area contributed by atoms with E-state index in [1.54, 1.807) is 0 Å². The minimum atomic E-state index is -3.69. The van der Waals surface area contributed by atoms with Gasteiger partial charge >= 0.3 is 0 Å². The van der Waals surface area contributed by atoms with Crippen molar-refractivity contribution in [1.29, 1.82) is 0 Å². The third kappa shape index (κ3) is 2.99. The second-order valence-corrected chi connectivity index (χ2v) is 7.33. The van der Waals surface area contributed by atoms with Gasteiger partial charge in [0.15, 0.2) is 0 Å². The van der Waals surface area contributed by atoms with Crippen molar-refractivity contribution < 1.29 is 17.2 Å². The summed E-state index contributed by atoms with van der Waals surface area (Å²) in [7, 11) is -3.69. The molecule has 1 fully saturated rings. The number of rotatable bonds is 5. The zero-order valence-corrected chi connectivity index (χ0v) is 12.0. The van der Waals surface area contributed by atoms with Crippen LogP contribution in [0, 0.1) is 5.41 Å². The average molecular weight is 308 g/mol. The summed E-state index contributed by atoms with van der Waals surface area (Å²) in [6.07, 6.45) is 0.362. The molecule has 1 aromatic rings. The molecule has 1 atom stereocenters. The molecule has 20 heavy (non-hydrogen) atoms. The molecule has 1 aromatic heterocycles. The molecule has 2 N–H and O–H groups in total. The van der Waals surface area contributed by atoms with E-state index in [9.17, 15) is 17.2 Å². The molecule has 0 bridgehead atoms. The first kappa shape index (κ1) is 15.3. The van der Waals surface area contributed by atoms with Crippen LogP contribution < -0.4 is 5.73 Å². The summed E-state index contributed by atoms with van der Waals surface area (Å²) in [5.41, 5.74) is 5.42. The number of aromatic nitrogens is 2. The van der Waals surface area contributed by atoms with Gasteiger partial charge < -0.3 is 5.73 Å². The van der Waals surface area contributed by atoms with Gasteiger partial charge in [-0.2, -0.15) is 9.40 Å². The zero-order chi connectivity index (χ0) is 15.0. The van der Waals surface area contributed by atoms with Crippen LogP contribution in [-0.2, 0) is 16.6 Å². The predicted octanol–water partition coefficient (Wildman–Crippen LogP) is 0.508. The number of nitrogens with zero attached hydrogens (tertiary/aromatic N) is 3. The summed E-state index contributed by atoms with van der Waals surface area (Å²) in [4.78, 5) is -0.0561. The lowest BCUT2D eigenvalue weighted by Crippen LogP contribution is -2.34. The number of halogens is 2. The monoisotopic (exact) mass is 308 g/mol. The van der Waals surface area contributed by atoms with E-state index in [4.69, 9.17) is 5.73 Å². The van der Waals surface area contributed by atoms with Crippen molar-refractivity contribution in [1.82, 2.24) is 14.1 Å². The Morgan fingerprint density at radius 3 is 2.80 bits per heavy atom. The van der Waals surface area contributed by atoms with Crippen LogP contribution in [0.3, 0.4) is 0 Å². The van der Waals surface area contributed by atoms with Gasteiger partial charge in [0.2, 0.25) is 10.0 Å². The summed E-state index contributed by atoms with van der Waals surface area (Å²) in [5.74, 6) is 0. The normalized spacial score (nSPS) is 24.6. The summed E-state index contributed by atoms with van der Waals surface area (Å²) >= 11 is 0. The summed E-state index contributed by atoms with van der Waals surface area (Å²) < 4.78 is 51.5. The van der Waals surface area contributed by atoms with Crippen LogP contribution in [0.4, 0.5) is 8.78 Å². The Hall–Kier alpha value is -1.06. The SMILES string of the molecule is CC1(CN)CCN(S(=O)(=O)c2cnn(CC(F)F)c2)C1. The molecule has 1 aliphatic rings. The maximum absolute atomic E-state index is 12.4. The first-order chi connectivity index (χ1) is 9.27. The van der Waals surface area contributed by atoms with Crippen molar-refractivity contribution in [2.45, 2.75) is 31.2 Å². The topological polar surface area (TPSA) is 81.2 Å². The molecule has 1 saturated heterocycles. The Labute approximate surface area is 116 Å². The number of alkyl halides is 2. The van der Waals surface area contributed by atoms with E-state index in [1.807, 2.05) is 6.92 Å². The molecule has 6 nitrogen and oxygen atoms in total. The van der Waals surface area contributed by atoms with E-state index >= 15 is 0 Å². The second kappa shape index (κ2) is 5.38. The van der Waals surface area contributed by atoms with Crippen LogP contribution in [-0.4, -0.2) is 48.6 Å². The van der Waals surface area contributed by atoms with Crippen LogP contribution in [0.2, 0.25) is 0 Å². The van der Waals surface area contributed by atoms with Crippen molar-refractivity contribution in [3.05, 3.63) is 12.4 Å². The minimum absolute atomic E-state index is 0.0561. The van der Waals surface area contributed by atoms with Gasteiger partial charge in [-0.15, -0.1) is 0 Å². The van der Waals surface area contributed by atoms with Crippen molar-refractivity contribution >= 4 is 10.0 Å². The average Bonchev–Trinajstić information content (AvgIpc) is 2.97. The van der Waals surface area contributed by atoms with Gasteiger partial charge in [0.05, 0.1) is 6.20 Å². The molecule has 114 valence electrons.